The van der Waals surface area contributed by atoms with Gasteiger partial charge in [-0.1, -0.05) is 12.1 Å². The van der Waals surface area contributed by atoms with E-state index in [9.17, 15) is 8.78 Å². The quantitative estimate of drug-likeness (QED) is 0.850. The van der Waals surface area contributed by atoms with Gasteiger partial charge in [-0.25, -0.2) is 0 Å². The van der Waals surface area contributed by atoms with Crippen LogP contribution in [0, 0.1) is 0 Å². The van der Waals surface area contributed by atoms with Crippen molar-refractivity contribution in [2.24, 2.45) is 0 Å². The van der Waals surface area contributed by atoms with E-state index in [0.29, 0.717) is 6.42 Å². The second-order valence-corrected chi connectivity index (χ2v) is 4.49. The summed E-state index contributed by atoms with van der Waals surface area (Å²) in [5, 5.41) is 0. The van der Waals surface area contributed by atoms with Crippen LogP contribution in [0.4, 0.5) is 8.78 Å². The highest BCUT2D eigenvalue weighted by atomic mass is 79.9. The number of halogens is 3. The predicted molar refractivity (Wildman–Crippen MR) is 67.8 cm³/mol. The summed E-state index contributed by atoms with van der Waals surface area (Å²) < 4.78 is 29.2. The monoisotopic (exact) mass is 313 g/mol. The Labute approximate surface area is 112 Å². The van der Waals surface area contributed by atoms with Crippen LogP contribution in [0.2, 0.25) is 0 Å². The molecule has 2 rings (SSSR count). The van der Waals surface area contributed by atoms with Crippen LogP contribution in [0.25, 0.3) is 0 Å². The molecule has 0 radical (unpaired) electrons. The lowest BCUT2D eigenvalue weighted by Gasteiger charge is -2.06. The van der Waals surface area contributed by atoms with Crippen LogP contribution >= 0.6 is 15.9 Å². The average Bonchev–Trinajstić information content (AvgIpc) is 2.34. The van der Waals surface area contributed by atoms with E-state index in [-0.39, 0.29) is 5.75 Å². The smallest absolute Gasteiger partial charge is 0.387 e. The van der Waals surface area contributed by atoms with Gasteiger partial charge in [0.1, 0.15) is 5.75 Å². The number of nitrogens with zero attached hydrogens (tertiary/aromatic N) is 1. The van der Waals surface area contributed by atoms with Gasteiger partial charge in [0.2, 0.25) is 0 Å². The van der Waals surface area contributed by atoms with Gasteiger partial charge in [0.15, 0.2) is 0 Å². The zero-order valence-electron chi connectivity index (χ0n) is 9.32. The van der Waals surface area contributed by atoms with Gasteiger partial charge in [-0.3, -0.25) is 4.98 Å². The fourth-order valence-corrected chi connectivity index (χ4v) is 1.93. The van der Waals surface area contributed by atoms with Crippen LogP contribution in [0.5, 0.6) is 5.75 Å². The van der Waals surface area contributed by atoms with E-state index in [0.717, 1.165) is 15.7 Å². The Morgan fingerprint density at radius 2 is 1.89 bits per heavy atom. The van der Waals surface area contributed by atoms with Crippen molar-refractivity contribution in [3.63, 3.8) is 0 Å². The summed E-state index contributed by atoms with van der Waals surface area (Å²) in [6, 6.07) is 10.3. The average molecular weight is 314 g/mol. The molecule has 0 aliphatic heterocycles. The predicted octanol–water partition coefficient (Wildman–Crippen LogP) is 4.04. The van der Waals surface area contributed by atoms with Crippen LogP contribution in [0.15, 0.2) is 47.1 Å². The molecular formula is C13H10BrF2NO. The van der Waals surface area contributed by atoms with Crippen LogP contribution in [0.3, 0.4) is 0 Å². The Bertz CT molecular complexity index is 517. The fourth-order valence-electron chi connectivity index (χ4n) is 1.53. The summed E-state index contributed by atoms with van der Waals surface area (Å²) >= 11 is 3.41. The van der Waals surface area contributed by atoms with Crippen molar-refractivity contribution in [1.82, 2.24) is 4.98 Å². The largest absolute Gasteiger partial charge is 0.435 e. The highest BCUT2D eigenvalue weighted by Crippen LogP contribution is 2.20. The summed E-state index contributed by atoms with van der Waals surface area (Å²) in [4.78, 5) is 4.25. The minimum atomic E-state index is -2.79. The third kappa shape index (κ3) is 3.50. The van der Waals surface area contributed by atoms with Crippen LogP contribution in [-0.4, -0.2) is 11.6 Å². The number of hydrogen-bond acceptors (Lipinski definition) is 2. The molecule has 0 aliphatic carbocycles. The Morgan fingerprint density at radius 3 is 2.50 bits per heavy atom. The van der Waals surface area contributed by atoms with E-state index in [1.807, 2.05) is 12.1 Å². The maximum atomic E-state index is 12.0. The number of hydrogen-bond donors (Lipinski definition) is 0. The van der Waals surface area contributed by atoms with Crippen molar-refractivity contribution in [2.75, 3.05) is 0 Å². The minimum absolute atomic E-state index is 0.161. The first-order valence-electron chi connectivity index (χ1n) is 5.28. The molecular weight excluding hydrogens is 304 g/mol. The van der Waals surface area contributed by atoms with Crippen molar-refractivity contribution in [2.45, 2.75) is 13.0 Å². The SMILES string of the molecule is FC(F)Oc1ccc(Cc2ncccc2Br)cc1. The standard InChI is InChI=1S/C13H10BrF2NO/c14-11-2-1-7-17-12(11)8-9-3-5-10(6-4-9)18-13(15)16/h1-7,13H,8H2. The second-order valence-electron chi connectivity index (χ2n) is 3.63. The van der Waals surface area contributed by atoms with Gasteiger partial charge < -0.3 is 4.74 Å². The molecule has 18 heavy (non-hydrogen) atoms. The van der Waals surface area contributed by atoms with E-state index < -0.39 is 6.61 Å². The van der Waals surface area contributed by atoms with E-state index >= 15 is 0 Å². The first kappa shape index (κ1) is 13.0. The topological polar surface area (TPSA) is 22.1 Å². The molecule has 0 bridgehead atoms. The number of pyridine rings is 1. The van der Waals surface area contributed by atoms with Gasteiger partial charge in [0, 0.05) is 17.1 Å². The van der Waals surface area contributed by atoms with Crippen molar-refractivity contribution in [3.05, 3.63) is 58.3 Å². The summed E-state index contributed by atoms with van der Waals surface area (Å²) in [5.74, 6) is 0.161. The number of benzene rings is 1. The molecule has 0 aliphatic rings. The van der Waals surface area contributed by atoms with Crippen molar-refractivity contribution in [3.8, 4) is 5.75 Å². The number of rotatable bonds is 4. The van der Waals surface area contributed by atoms with Gasteiger partial charge in [0.05, 0.1) is 5.69 Å². The van der Waals surface area contributed by atoms with Crippen molar-refractivity contribution >= 4 is 15.9 Å². The first-order valence-corrected chi connectivity index (χ1v) is 6.07. The van der Waals surface area contributed by atoms with Gasteiger partial charge >= 0.3 is 6.61 Å². The molecule has 0 unspecified atom stereocenters. The van der Waals surface area contributed by atoms with E-state index in [2.05, 4.69) is 25.7 Å². The Hall–Kier alpha value is -1.49. The third-order valence-electron chi connectivity index (χ3n) is 2.35. The molecule has 0 spiro atoms. The molecule has 0 atom stereocenters. The molecule has 0 saturated heterocycles. The first-order chi connectivity index (χ1) is 8.65. The summed E-state index contributed by atoms with van der Waals surface area (Å²) in [6.45, 7) is -2.79. The van der Waals surface area contributed by atoms with E-state index in [1.54, 1.807) is 18.3 Å². The molecule has 0 N–H and O–H groups in total. The number of alkyl halides is 2. The molecule has 2 aromatic rings. The fraction of sp³-hybridized carbons (Fsp3) is 0.154. The van der Waals surface area contributed by atoms with Crippen LogP contribution < -0.4 is 4.74 Å². The maximum absolute atomic E-state index is 12.0. The van der Waals surface area contributed by atoms with E-state index in [4.69, 9.17) is 0 Å². The molecule has 1 aromatic carbocycles. The molecule has 0 saturated carbocycles. The van der Waals surface area contributed by atoms with Crippen LogP contribution in [-0.2, 0) is 6.42 Å². The molecule has 5 heteroatoms. The van der Waals surface area contributed by atoms with Gasteiger partial charge in [-0.15, -0.1) is 0 Å². The lowest BCUT2D eigenvalue weighted by atomic mass is 10.1. The molecule has 1 aromatic heterocycles. The third-order valence-corrected chi connectivity index (χ3v) is 3.08. The summed E-state index contributed by atoms with van der Waals surface area (Å²) in [6.07, 6.45) is 2.35. The zero-order chi connectivity index (χ0) is 13.0. The molecule has 1 heterocycles. The molecule has 0 fully saturated rings. The zero-order valence-corrected chi connectivity index (χ0v) is 10.9. The van der Waals surface area contributed by atoms with Gasteiger partial charge in [0.25, 0.3) is 0 Å². The Balaban J connectivity index is 2.09. The van der Waals surface area contributed by atoms with Crippen LogP contribution in [0.1, 0.15) is 11.3 Å². The summed E-state index contributed by atoms with van der Waals surface area (Å²) in [5.41, 5.74) is 1.89. The van der Waals surface area contributed by atoms with Gasteiger partial charge in [-0.05, 0) is 45.8 Å². The lowest BCUT2D eigenvalue weighted by molar-refractivity contribution is -0.0498. The normalized spacial score (nSPS) is 10.7. The lowest BCUT2D eigenvalue weighted by Crippen LogP contribution is -2.01. The highest BCUT2D eigenvalue weighted by Gasteiger charge is 2.05. The molecule has 94 valence electrons. The summed E-state index contributed by atoms with van der Waals surface area (Å²) in [7, 11) is 0. The Morgan fingerprint density at radius 1 is 1.17 bits per heavy atom. The minimum Gasteiger partial charge on any atom is -0.435 e. The highest BCUT2D eigenvalue weighted by molar-refractivity contribution is 9.10. The maximum Gasteiger partial charge on any atom is 0.387 e. The van der Waals surface area contributed by atoms with Gasteiger partial charge in [-0.2, -0.15) is 8.78 Å². The van der Waals surface area contributed by atoms with Crippen molar-refractivity contribution < 1.29 is 13.5 Å². The molecule has 0 amide bonds. The number of ether oxygens (including phenoxy) is 1. The molecule has 2 nitrogen and oxygen atoms in total. The number of aromatic nitrogens is 1. The van der Waals surface area contributed by atoms with E-state index in [1.165, 1.54) is 12.1 Å². The Kier molecular flexibility index (Phi) is 4.25. The second kappa shape index (κ2) is 5.91. The van der Waals surface area contributed by atoms with Crippen molar-refractivity contribution in [1.29, 1.82) is 0 Å².